The van der Waals surface area contributed by atoms with Crippen LogP contribution in [-0.2, 0) is 0 Å². The highest BCUT2D eigenvalue weighted by Crippen LogP contribution is 2.19. The highest BCUT2D eigenvalue weighted by Gasteiger charge is 2.07. The number of pyridine rings is 1. The number of rotatable bonds is 2. The molecule has 2 rings (SSSR count). The van der Waals surface area contributed by atoms with Gasteiger partial charge in [-0.3, -0.25) is 0 Å². The number of nitrogens with two attached hydrogens (primary N) is 1. The van der Waals surface area contributed by atoms with Gasteiger partial charge < -0.3 is 5.73 Å². The molecule has 0 amide bonds. The summed E-state index contributed by atoms with van der Waals surface area (Å²) >= 11 is 3.30. The maximum atomic E-state index is 6.11. The Kier molecular flexibility index (Phi) is 3.14. The van der Waals surface area contributed by atoms with Crippen LogP contribution in [0.5, 0.6) is 0 Å². The third-order valence-electron chi connectivity index (χ3n) is 2.27. The number of hydrogen-bond donors (Lipinski definition) is 1. The van der Waals surface area contributed by atoms with Gasteiger partial charge in [0, 0.05) is 6.20 Å². The molecule has 0 saturated heterocycles. The molecule has 0 spiro atoms. The summed E-state index contributed by atoms with van der Waals surface area (Å²) in [7, 11) is 0. The fourth-order valence-electron chi connectivity index (χ4n) is 1.42. The monoisotopic (exact) mass is 262 g/mol. The lowest BCUT2D eigenvalue weighted by Crippen LogP contribution is -2.11. The first kappa shape index (κ1) is 10.3. The van der Waals surface area contributed by atoms with Gasteiger partial charge in [-0.2, -0.15) is 0 Å². The maximum absolute atomic E-state index is 6.11. The highest BCUT2D eigenvalue weighted by atomic mass is 79.9. The third kappa shape index (κ3) is 2.43. The predicted octanol–water partition coefficient (Wildman–Crippen LogP) is 2.89. The van der Waals surface area contributed by atoms with E-state index >= 15 is 0 Å². The van der Waals surface area contributed by atoms with Gasteiger partial charge in [0.1, 0.15) is 4.60 Å². The van der Waals surface area contributed by atoms with E-state index < -0.39 is 0 Å². The summed E-state index contributed by atoms with van der Waals surface area (Å²) in [4.78, 5) is 4.16. The van der Waals surface area contributed by atoms with Crippen molar-refractivity contribution in [1.82, 2.24) is 4.98 Å². The largest absolute Gasteiger partial charge is 0.320 e. The Bertz CT molecular complexity index is 425. The summed E-state index contributed by atoms with van der Waals surface area (Å²) in [5.41, 5.74) is 8.23. The molecule has 15 heavy (non-hydrogen) atoms. The summed E-state index contributed by atoms with van der Waals surface area (Å²) in [5.74, 6) is 0. The molecule has 2 nitrogen and oxygen atoms in total. The molecular weight excluding hydrogens is 252 g/mol. The molecule has 0 unspecified atom stereocenters. The lowest BCUT2D eigenvalue weighted by molar-refractivity contribution is 0.862. The second-order valence-corrected chi connectivity index (χ2v) is 4.12. The summed E-state index contributed by atoms with van der Waals surface area (Å²) < 4.78 is 0.825. The van der Waals surface area contributed by atoms with Crippen molar-refractivity contribution >= 4 is 15.9 Å². The van der Waals surface area contributed by atoms with Gasteiger partial charge >= 0.3 is 0 Å². The third-order valence-corrected chi connectivity index (χ3v) is 2.74. The zero-order valence-electron chi connectivity index (χ0n) is 8.10. The predicted molar refractivity (Wildman–Crippen MR) is 64.4 cm³/mol. The van der Waals surface area contributed by atoms with Crippen LogP contribution in [0.1, 0.15) is 17.2 Å². The quantitative estimate of drug-likeness (QED) is 0.846. The Morgan fingerprint density at radius 3 is 2.33 bits per heavy atom. The molecular formula is C12H11BrN2. The van der Waals surface area contributed by atoms with E-state index in [9.17, 15) is 0 Å². The Morgan fingerprint density at radius 1 is 1.00 bits per heavy atom. The summed E-state index contributed by atoms with van der Waals surface area (Å²) in [6.07, 6.45) is 1.79. The Morgan fingerprint density at radius 2 is 1.73 bits per heavy atom. The van der Waals surface area contributed by atoms with Gasteiger partial charge in [0.25, 0.3) is 0 Å². The number of nitrogens with zero attached hydrogens (tertiary/aromatic N) is 1. The summed E-state index contributed by atoms with van der Waals surface area (Å²) in [6, 6.07) is 13.8. The van der Waals surface area contributed by atoms with Crippen molar-refractivity contribution in [3.05, 3.63) is 64.4 Å². The smallest absolute Gasteiger partial charge is 0.106 e. The van der Waals surface area contributed by atoms with Crippen LogP contribution in [0.3, 0.4) is 0 Å². The van der Waals surface area contributed by atoms with E-state index in [0.29, 0.717) is 0 Å². The van der Waals surface area contributed by atoms with Crippen LogP contribution in [0.2, 0.25) is 0 Å². The van der Waals surface area contributed by atoms with Crippen LogP contribution in [-0.4, -0.2) is 4.98 Å². The first-order valence-corrected chi connectivity index (χ1v) is 5.48. The van der Waals surface area contributed by atoms with Crippen molar-refractivity contribution in [3.8, 4) is 0 Å². The minimum atomic E-state index is -0.105. The van der Waals surface area contributed by atoms with Crippen molar-refractivity contribution in [2.24, 2.45) is 5.73 Å². The second-order valence-electron chi connectivity index (χ2n) is 3.30. The van der Waals surface area contributed by atoms with Crippen molar-refractivity contribution in [3.63, 3.8) is 0 Å². The van der Waals surface area contributed by atoms with E-state index in [4.69, 9.17) is 5.73 Å². The molecule has 0 radical (unpaired) electrons. The van der Waals surface area contributed by atoms with Gasteiger partial charge in [0.2, 0.25) is 0 Å². The molecule has 2 aromatic rings. The molecule has 0 aliphatic rings. The van der Waals surface area contributed by atoms with Crippen molar-refractivity contribution in [1.29, 1.82) is 0 Å². The molecule has 76 valence electrons. The van der Waals surface area contributed by atoms with Gasteiger partial charge in [0.05, 0.1) is 6.04 Å². The Labute approximate surface area is 97.3 Å². The summed E-state index contributed by atoms with van der Waals surface area (Å²) in [5, 5.41) is 0. The second kappa shape index (κ2) is 4.55. The standard InChI is InChI=1S/C12H11BrN2/c13-11-7-6-10(8-15-11)12(14)9-4-2-1-3-5-9/h1-8,12H,14H2/t12-/m0/s1. The molecule has 1 aromatic carbocycles. The Balaban J connectivity index is 2.29. The maximum Gasteiger partial charge on any atom is 0.106 e. The highest BCUT2D eigenvalue weighted by molar-refractivity contribution is 9.10. The SMILES string of the molecule is N[C@@H](c1ccccc1)c1ccc(Br)nc1. The summed E-state index contributed by atoms with van der Waals surface area (Å²) in [6.45, 7) is 0. The first-order valence-electron chi connectivity index (χ1n) is 4.69. The minimum absolute atomic E-state index is 0.105. The van der Waals surface area contributed by atoms with Crippen molar-refractivity contribution < 1.29 is 0 Å². The lowest BCUT2D eigenvalue weighted by atomic mass is 10.0. The molecule has 1 atom stereocenters. The lowest BCUT2D eigenvalue weighted by Gasteiger charge is -2.11. The minimum Gasteiger partial charge on any atom is -0.320 e. The van der Waals surface area contributed by atoms with Gasteiger partial charge in [0.15, 0.2) is 0 Å². The molecule has 1 heterocycles. The number of benzene rings is 1. The van der Waals surface area contributed by atoms with Gasteiger partial charge in [-0.15, -0.1) is 0 Å². The molecule has 1 aromatic heterocycles. The average Bonchev–Trinajstić information content (AvgIpc) is 2.30. The van der Waals surface area contributed by atoms with Crippen LogP contribution < -0.4 is 5.73 Å². The molecule has 0 bridgehead atoms. The van der Waals surface area contributed by atoms with Crippen LogP contribution in [0.15, 0.2) is 53.3 Å². The fourth-order valence-corrected chi connectivity index (χ4v) is 1.66. The average molecular weight is 263 g/mol. The van der Waals surface area contributed by atoms with Crippen molar-refractivity contribution in [2.45, 2.75) is 6.04 Å². The van der Waals surface area contributed by atoms with E-state index in [2.05, 4.69) is 20.9 Å². The molecule has 0 saturated carbocycles. The van der Waals surface area contributed by atoms with E-state index in [-0.39, 0.29) is 6.04 Å². The van der Waals surface area contributed by atoms with Crippen LogP contribution in [0.4, 0.5) is 0 Å². The van der Waals surface area contributed by atoms with Crippen LogP contribution >= 0.6 is 15.9 Å². The molecule has 0 aliphatic heterocycles. The van der Waals surface area contributed by atoms with E-state index in [1.54, 1.807) is 6.20 Å². The zero-order valence-corrected chi connectivity index (χ0v) is 9.68. The van der Waals surface area contributed by atoms with Crippen molar-refractivity contribution in [2.75, 3.05) is 0 Å². The van der Waals surface area contributed by atoms with E-state index in [0.717, 1.165) is 15.7 Å². The topological polar surface area (TPSA) is 38.9 Å². The molecule has 0 aliphatic carbocycles. The van der Waals surface area contributed by atoms with Gasteiger partial charge in [-0.25, -0.2) is 4.98 Å². The fraction of sp³-hybridized carbons (Fsp3) is 0.0833. The van der Waals surface area contributed by atoms with Gasteiger partial charge in [-0.05, 0) is 33.1 Å². The van der Waals surface area contributed by atoms with E-state index in [1.807, 2.05) is 42.5 Å². The number of aromatic nitrogens is 1. The number of halogens is 1. The number of hydrogen-bond acceptors (Lipinski definition) is 2. The molecule has 0 fully saturated rings. The zero-order chi connectivity index (χ0) is 10.7. The van der Waals surface area contributed by atoms with Gasteiger partial charge in [-0.1, -0.05) is 36.4 Å². The molecule has 3 heteroatoms. The first-order chi connectivity index (χ1) is 7.27. The Hall–Kier alpha value is -1.19. The van der Waals surface area contributed by atoms with Crippen LogP contribution in [0.25, 0.3) is 0 Å². The molecule has 2 N–H and O–H groups in total. The normalized spacial score (nSPS) is 12.4. The van der Waals surface area contributed by atoms with Crippen LogP contribution in [0, 0.1) is 0 Å². The van der Waals surface area contributed by atoms with E-state index in [1.165, 1.54) is 0 Å².